The maximum absolute atomic E-state index is 14.4. The van der Waals surface area contributed by atoms with E-state index in [1.54, 1.807) is 23.7 Å². The average Bonchev–Trinajstić information content (AvgIpc) is 3.39. The summed E-state index contributed by atoms with van der Waals surface area (Å²) < 4.78 is 27.1. The van der Waals surface area contributed by atoms with E-state index in [0.717, 1.165) is 37.0 Å². The number of nitrogens with zero attached hydrogens (tertiary/aromatic N) is 1. The Kier molecular flexibility index (Phi) is 5.13. The zero-order chi connectivity index (χ0) is 20.5. The molecule has 6 nitrogen and oxygen atoms in total. The number of aryl methyl sites for hydroxylation is 2. The Bertz CT molecular complexity index is 1060. The van der Waals surface area contributed by atoms with Crippen LogP contribution in [-0.2, 0) is 16.6 Å². The normalized spacial score (nSPS) is 15.6. The maximum Gasteiger partial charge on any atom is 0.356 e. The Morgan fingerprint density at radius 2 is 1.97 bits per heavy atom. The van der Waals surface area contributed by atoms with Gasteiger partial charge < -0.3 is 19.0 Å². The molecule has 1 aliphatic carbocycles. The second kappa shape index (κ2) is 7.73. The van der Waals surface area contributed by atoms with E-state index < -0.39 is 23.8 Å². The number of esters is 1. The highest BCUT2D eigenvalue weighted by molar-refractivity contribution is 5.96. The van der Waals surface area contributed by atoms with Gasteiger partial charge in [0.2, 0.25) is 6.10 Å². The number of aromatic nitrogens is 1. The number of carbonyl (C=O) groups excluding carboxylic acids is 2. The van der Waals surface area contributed by atoms with E-state index in [1.165, 1.54) is 18.2 Å². The molecule has 0 radical (unpaired) electrons. The van der Waals surface area contributed by atoms with Gasteiger partial charge in [-0.15, -0.1) is 0 Å². The smallest absolute Gasteiger partial charge is 0.356 e. The van der Waals surface area contributed by atoms with Crippen LogP contribution in [0.4, 0.5) is 4.39 Å². The number of hydrogen-bond donors (Lipinski definition) is 1. The zero-order valence-corrected chi connectivity index (χ0v) is 16.4. The van der Waals surface area contributed by atoms with E-state index in [9.17, 15) is 14.0 Å². The fourth-order valence-electron chi connectivity index (χ4n) is 3.89. The van der Waals surface area contributed by atoms with Crippen LogP contribution in [0.2, 0.25) is 0 Å². The first-order valence-corrected chi connectivity index (χ1v) is 9.75. The lowest BCUT2D eigenvalue weighted by Gasteiger charge is -2.21. The summed E-state index contributed by atoms with van der Waals surface area (Å²) in [5, 5.41) is 2.90. The van der Waals surface area contributed by atoms with Crippen LogP contribution in [0.3, 0.4) is 0 Å². The van der Waals surface area contributed by atoms with E-state index >= 15 is 0 Å². The number of ether oxygens (including phenoxy) is 1. The van der Waals surface area contributed by atoms with Crippen LogP contribution in [-0.4, -0.2) is 22.5 Å². The van der Waals surface area contributed by atoms with Gasteiger partial charge in [0.25, 0.3) is 5.91 Å². The van der Waals surface area contributed by atoms with Crippen molar-refractivity contribution in [1.82, 2.24) is 9.88 Å². The minimum absolute atomic E-state index is 0.0239. The Morgan fingerprint density at radius 3 is 2.66 bits per heavy atom. The maximum atomic E-state index is 14.4. The van der Waals surface area contributed by atoms with Crippen molar-refractivity contribution >= 4 is 23.0 Å². The Labute approximate surface area is 167 Å². The third-order valence-corrected chi connectivity index (χ3v) is 5.42. The van der Waals surface area contributed by atoms with Gasteiger partial charge in [-0.2, -0.15) is 0 Å². The van der Waals surface area contributed by atoms with Crippen molar-refractivity contribution in [2.24, 2.45) is 7.05 Å². The second-order valence-electron chi connectivity index (χ2n) is 7.49. The van der Waals surface area contributed by atoms with Crippen molar-refractivity contribution in [2.75, 3.05) is 0 Å². The van der Waals surface area contributed by atoms with Crippen molar-refractivity contribution in [1.29, 1.82) is 0 Å². The molecule has 4 rings (SSSR count). The van der Waals surface area contributed by atoms with Crippen LogP contribution in [0.5, 0.6) is 0 Å². The molecule has 1 N–H and O–H groups in total. The van der Waals surface area contributed by atoms with Crippen LogP contribution in [0.25, 0.3) is 11.1 Å². The number of carbonyl (C=O) groups is 2. The molecule has 7 heteroatoms. The van der Waals surface area contributed by atoms with E-state index in [1.807, 2.05) is 13.0 Å². The van der Waals surface area contributed by atoms with Crippen LogP contribution in [0, 0.1) is 12.7 Å². The summed E-state index contributed by atoms with van der Waals surface area (Å²) in [6.45, 7) is 1.82. The second-order valence-corrected chi connectivity index (χ2v) is 7.49. The molecule has 2 heterocycles. The van der Waals surface area contributed by atoms with Gasteiger partial charge in [-0.3, -0.25) is 4.79 Å². The molecule has 1 aromatic carbocycles. The standard InChI is InChI=1S/C22H23FN2O4/c1-13-11-17-19(28-13)12-18(25(17)2)22(27)29-20(15-9-5-6-10-16(15)23)21(26)24-14-7-3-4-8-14/h5-6,9-12,14,20H,3-4,7-8H2,1-2H3,(H,24,26)/t20-/m1/s1. The van der Waals surface area contributed by atoms with E-state index in [4.69, 9.17) is 9.15 Å². The number of hydrogen-bond acceptors (Lipinski definition) is 4. The van der Waals surface area contributed by atoms with Gasteiger partial charge in [0, 0.05) is 30.8 Å². The monoisotopic (exact) mass is 398 g/mol. The summed E-state index contributed by atoms with van der Waals surface area (Å²) in [5.41, 5.74) is 1.56. The molecule has 1 fully saturated rings. The van der Waals surface area contributed by atoms with Crippen molar-refractivity contribution in [3.05, 3.63) is 59.2 Å². The van der Waals surface area contributed by atoms with Crippen LogP contribution in [0.1, 0.15) is 53.6 Å². The first kappa shape index (κ1) is 19.2. The molecular formula is C22H23FN2O4. The molecule has 1 aliphatic rings. The van der Waals surface area contributed by atoms with Gasteiger partial charge in [-0.1, -0.05) is 31.0 Å². The molecule has 3 aromatic rings. The number of benzene rings is 1. The Morgan fingerprint density at radius 1 is 1.24 bits per heavy atom. The molecule has 0 aliphatic heterocycles. The molecule has 0 saturated heterocycles. The topological polar surface area (TPSA) is 73.5 Å². The predicted octanol–water partition coefficient (Wildman–Crippen LogP) is 4.18. The summed E-state index contributed by atoms with van der Waals surface area (Å²) in [6.07, 6.45) is 2.45. The number of amides is 1. The van der Waals surface area contributed by atoms with Crippen molar-refractivity contribution in [3.63, 3.8) is 0 Å². The number of rotatable bonds is 5. The highest BCUT2D eigenvalue weighted by Crippen LogP contribution is 2.27. The van der Waals surface area contributed by atoms with Crippen LogP contribution < -0.4 is 5.32 Å². The van der Waals surface area contributed by atoms with E-state index in [2.05, 4.69) is 5.32 Å². The minimum atomic E-state index is -1.37. The highest BCUT2D eigenvalue weighted by atomic mass is 19.1. The predicted molar refractivity (Wildman–Crippen MR) is 105 cm³/mol. The fraction of sp³-hybridized carbons (Fsp3) is 0.364. The molecule has 29 heavy (non-hydrogen) atoms. The lowest BCUT2D eigenvalue weighted by atomic mass is 10.1. The fourth-order valence-corrected chi connectivity index (χ4v) is 3.89. The lowest BCUT2D eigenvalue weighted by Crippen LogP contribution is -2.38. The third kappa shape index (κ3) is 3.77. The van der Waals surface area contributed by atoms with Crippen LogP contribution in [0.15, 0.2) is 40.8 Å². The van der Waals surface area contributed by atoms with Crippen molar-refractivity contribution in [2.45, 2.75) is 44.8 Å². The summed E-state index contributed by atoms with van der Waals surface area (Å²) in [5.74, 6) is -1.09. The minimum Gasteiger partial charge on any atom is -0.460 e. The molecule has 0 spiro atoms. The molecule has 1 saturated carbocycles. The van der Waals surface area contributed by atoms with Gasteiger partial charge >= 0.3 is 5.97 Å². The largest absolute Gasteiger partial charge is 0.460 e. The van der Waals surface area contributed by atoms with Gasteiger partial charge in [-0.05, 0) is 25.8 Å². The number of halogens is 1. The van der Waals surface area contributed by atoms with Crippen LogP contribution >= 0.6 is 0 Å². The van der Waals surface area contributed by atoms with E-state index in [-0.39, 0.29) is 17.3 Å². The molecular weight excluding hydrogens is 375 g/mol. The third-order valence-electron chi connectivity index (χ3n) is 5.42. The van der Waals surface area contributed by atoms with Crippen molar-refractivity contribution < 1.29 is 23.1 Å². The zero-order valence-electron chi connectivity index (χ0n) is 16.4. The number of furan rings is 1. The SMILES string of the molecule is Cc1cc2c(cc(C(=O)O[C@@H](C(=O)NC3CCCC3)c3ccccc3F)n2C)o1. The molecule has 1 amide bonds. The summed E-state index contributed by atoms with van der Waals surface area (Å²) in [4.78, 5) is 25.8. The lowest BCUT2D eigenvalue weighted by molar-refractivity contribution is -0.131. The van der Waals surface area contributed by atoms with Crippen molar-refractivity contribution in [3.8, 4) is 0 Å². The van der Waals surface area contributed by atoms with Gasteiger partial charge in [0.1, 0.15) is 17.3 Å². The van der Waals surface area contributed by atoms with Gasteiger partial charge in [0.05, 0.1) is 5.52 Å². The average molecular weight is 398 g/mol. The first-order chi connectivity index (χ1) is 13.9. The van der Waals surface area contributed by atoms with Gasteiger partial charge in [-0.25, -0.2) is 9.18 Å². The molecule has 0 unspecified atom stereocenters. The number of fused-ring (bicyclic) bond motifs is 1. The summed E-state index contributed by atoms with van der Waals surface area (Å²) >= 11 is 0. The molecule has 152 valence electrons. The molecule has 0 bridgehead atoms. The Hall–Kier alpha value is -3.09. The highest BCUT2D eigenvalue weighted by Gasteiger charge is 2.31. The molecule has 2 aromatic heterocycles. The van der Waals surface area contributed by atoms with Gasteiger partial charge in [0.15, 0.2) is 5.58 Å². The first-order valence-electron chi connectivity index (χ1n) is 9.75. The summed E-state index contributed by atoms with van der Waals surface area (Å²) in [7, 11) is 1.71. The van der Waals surface area contributed by atoms with E-state index in [0.29, 0.717) is 5.58 Å². The summed E-state index contributed by atoms with van der Waals surface area (Å²) in [6, 6.07) is 9.25. The quantitative estimate of drug-likeness (QED) is 0.655. The number of nitrogens with one attached hydrogen (secondary N) is 1. The molecule has 1 atom stereocenters. The Balaban J connectivity index is 1.62.